The maximum atomic E-state index is 11.1. The van der Waals surface area contributed by atoms with E-state index in [1.807, 2.05) is 18.2 Å². The molecule has 0 aliphatic heterocycles. The molecule has 0 bridgehead atoms. The maximum Gasteiger partial charge on any atom is 0.247 e. The minimum atomic E-state index is -0.170. The van der Waals surface area contributed by atoms with Crippen molar-refractivity contribution in [3.05, 3.63) is 42.5 Å². The number of hydrogen-bond donors (Lipinski definition) is 1. The lowest BCUT2D eigenvalue weighted by Crippen LogP contribution is -2.07. The van der Waals surface area contributed by atoms with E-state index in [2.05, 4.69) is 31.8 Å². The van der Waals surface area contributed by atoms with Crippen molar-refractivity contribution in [2.45, 2.75) is 26.2 Å². The highest BCUT2D eigenvalue weighted by molar-refractivity contribution is 5.98. The molecule has 82 valence electrons. The van der Waals surface area contributed by atoms with Gasteiger partial charge in [0.05, 0.1) is 0 Å². The fourth-order valence-electron chi connectivity index (χ4n) is 1.35. The Balaban J connectivity index is 0.00000225. The Morgan fingerprint density at radius 3 is 3.00 bits per heavy atom. The third-order valence-corrected chi connectivity index (χ3v) is 2.52. The molecule has 0 heterocycles. The smallest absolute Gasteiger partial charge is 0.247 e. The van der Waals surface area contributed by atoms with E-state index in [-0.39, 0.29) is 7.33 Å². The zero-order valence-corrected chi connectivity index (χ0v) is 9.29. The predicted molar refractivity (Wildman–Crippen MR) is 66.1 cm³/mol. The van der Waals surface area contributed by atoms with Crippen molar-refractivity contribution < 1.29 is 6.22 Å². The molecular weight excluding hydrogens is 186 g/mol. The summed E-state index contributed by atoms with van der Waals surface area (Å²) < 4.78 is 0. The minimum absolute atomic E-state index is 0. The standard InChI is InChI=1S/C13H17NO.H2/c1-4-10(3)11-7-6-8-12(9-11)14-13(15)5-2;/h5-10H,2,4H2,1,3H3,(H,14,15);1H. The van der Waals surface area contributed by atoms with Gasteiger partial charge in [0.25, 0.3) is 0 Å². The Hall–Kier alpha value is -1.57. The Morgan fingerprint density at radius 1 is 1.67 bits per heavy atom. The van der Waals surface area contributed by atoms with E-state index in [0.717, 1.165) is 12.1 Å². The number of nitrogens with one attached hydrogen (secondary N) is 1. The topological polar surface area (TPSA) is 29.1 Å². The number of carbonyl (C=O) groups excluding carboxylic acids is 1. The SMILES string of the molecule is C=CC(=O)Nc1cccc(C(C)CC)c1.[HH]. The first-order valence-electron chi connectivity index (χ1n) is 5.20. The monoisotopic (exact) mass is 205 g/mol. The van der Waals surface area contributed by atoms with Gasteiger partial charge in [-0.2, -0.15) is 0 Å². The average molecular weight is 205 g/mol. The Labute approximate surface area is 92.5 Å². The first-order valence-corrected chi connectivity index (χ1v) is 5.20. The lowest BCUT2D eigenvalue weighted by molar-refractivity contribution is -0.111. The van der Waals surface area contributed by atoms with E-state index >= 15 is 0 Å². The van der Waals surface area contributed by atoms with Crippen LogP contribution in [0.15, 0.2) is 36.9 Å². The number of amides is 1. The maximum absolute atomic E-state index is 11.1. The second-order valence-corrected chi connectivity index (χ2v) is 3.63. The Bertz CT molecular complexity index is 363. The molecular formula is C13H19NO. The molecule has 1 amide bonds. The number of hydrogen-bond acceptors (Lipinski definition) is 1. The van der Waals surface area contributed by atoms with Crippen molar-refractivity contribution >= 4 is 11.6 Å². The molecule has 1 aromatic carbocycles. The van der Waals surface area contributed by atoms with Gasteiger partial charge in [-0.15, -0.1) is 0 Å². The van der Waals surface area contributed by atoms with Crippen LogP contribution in [-0.2, 0) is 4.79 Å². The molecule has 0 saturated heterocycles. The normalized spacial score (nSPS) is 11.9. The quantitative estimate of drug-likeness (QED) is 0.748. The zero-order valence-electron chi connectivity index (χ0n) is 9.29. The van der Waals surface area contributed by atoms with Gasteiger partial charge in [0.1, 0.15) is 0 Å². The lowest BCUT2D eigenvalue weighted by Gasteiger charge is -2.10. The molecule has 0 aromatic heterocycles. The lowest BCUT2D eigenvalue weighted by atomic mass is 9.98. The first kappa shape index (κ1) is 11.5. The van der Waals surface area contributed by atoms with Crippen molar-refractivity contribution in [1.82, 2.24) is 0 Å². The summed E-state index contributed by atoms with van der Waals surface area (Å²) in [6.45, 7) is 7.75. The van der Waals surface area contributed by atoms with Crippen LogP contribution in [0.3, 0.4) is 0 Å². The summed E-state index contributed by atoms with van der Waals surface area (Å²) in [5, 5.41) is 2.75. The van der Waals surface area contributed by atoms with Gasteiger partial charge in [-0.05, 0) is 36.1 Å². The van der Waals surface area contributed by atoms with Gasteiger partial charge in [0.2, 0.25) is 5.91 Å². The summed E-state index contributed by atoms with van der Waals surface area (Å²) in [7, 11) is 0. The molecule has 0 radical (unpaired) electrons. The van der Waals surface area contributed by atoms with Gasteiger partial charge >= 0.3 is 0 Å². The van der Waals surface area contributed by atoms with E-state index in [0.29, 0.717) is 5.92 Å². The molecule has 1 unspecified atom stereocenters. The van der Waals surface area contributed by atoms with Gasteiger partial charge in [-0.25, -0.2) is 0 Å². The molecule has 0 aliphatic carbocycles. The molecule has 1 N–H and O–H groups in total. The summed E-state index contributed by atoms with van der Waals surface area (Å²) in [5.74, 6) is 0.349. The third kappa shape index (κ3) is 3.24. The minimum Gasteiger partial charge on any atom is -0.323 e. The highest BCUT2D eigenvalue weighted by Crippen LogP contribution is 2.21. The van der Waals surface area contributed by atoms with Gasteiger partial charge in [-0.1, -0.05) is 32.6 Å². The molecule has 0 aliphatic rings. The number of carbonyl (C=O) groups is 1. The zero-order chi connectivity index (χ0) is 11.3. The first-order chi connectivity index (χ1) is 7.17. The fourth-order valence-corrected chi connectivity index (χ4v) is 1.35. The molecule has 0 spiro atoms. The second-order valence-electron chi connectivity index (χ2n) is 3.63. The van der Waals surface area contributed by atoms with E-state index in [9.17, 15) is 4.79 Å². The van der Waals surface area contributed by atoms with Crippen LogP contribution in [-0.4, -0.2) is 5.91 Å². The summed E-state index contributed by atoms with van der Waals surface area (Å²) >= 11 is 0. The van der Waals surface area contributed by atoms with Gasteiger partial charge in [-0.3, -0.25) is 4.79 Å². The van der Waals surface area contributed by atoms with Crippen LogP contribution in [0.1, 0.15) is 33.2 Å². The van der Waals surface area contributed by atoms with Crippen LogP contribution in [0.5, 0.6) is 0 Å². The summed E-state index contributed by atoms with van der Waals surface area (Å²) in [5.41, 5.74) is 2.08. The summed E-state index contributed by atoms with van der Waals surface area (Å²) in [6.07, 6.45) is 2.37. The Kier molecular flexibility index (Phi) is 4.10. The highest BCUT2D eigenvalue weighted by atomic mass is 16.1. The van der Waals surface area contributed by atoms with Crippen molar-refractivity contribution in [3.8, 4) is 0 Å². The van der Waals surface area contributed by atoms with E-state index in [4.69, 9.17) is 0 Å². The summed E-state index contributed by atoms with van der Waals surface area (Å²) in [4.78, 5) is 11.1. The van der Waals surface area contributed by atoms with Crippen molar-refractivity contribution in [1.29, 1.82) is 0 Å². The second kappa shape index (κ2) is 5.35. The van der Waals surface area contributed by atoms with Crippen LogP contribution >= 0.6 is 0 Å². The number of anilines is 1. The molecule has 0 saturated carbocycles. The number of benzene rings is 1. The van der Waals surface area contributed by atoms with E-state index in [1.54, 1.807) is 0 Å². The van der Waals surface area contributed by atoms with Gasteiger partial charge < -0.3 is 5.32 Å². The van der Waals surface area contributed by atoms with Crippen LogP contribution in [0.4, 0.5) is 5.69 Å². The van der Waals surface area contributed by atoms with E-state index < -0.39 is 0 Å². The average Bonchev–Trinajstić information content (AvgIpc) is 2.28. The fraction of sp³-hybridized carbons (Fsp3) is 0.308. The predicted octanol–water partition coefficient (Wildman–Crippen LogP) is 3.57. The van der Waals surface area contributed by atoms with E-state index in [1.165, 1.54) is 11.6 Å². The summed E-state index contributed by atoms with van der Waals surface area (Å²) in [6, 6.07) is 7.93. The van der Waals surface area contributed by atoms with Crippen molar-refractivity contribution in [2.75, 3.05) is 5.32 Å². The molecule has 1 aromatic rings. The van der Waals surface area contributed by atoms with Crippen LogP contribution in [0.2, 0.25) is 0 Å². The van der Waals surface area contributed by atoms with Crippen LogP contribution < -0.4 is 5.32 Å². The Morgan fingerprint density at radius 2 is 2.40 bits per heavy atom. The highest BCUT2D eigenvalue weighted by Gasteiger charge is 2.04. The van der Waals surface area contributed by atoms with Crippen molar-refractivity contribution in [2.24, 2.45) is 0 Å². The molecule has 1 atom stereocenters. The third-order valence-electron chi connectivity index (χ3n) is 2.52. The largest absolute Gasteiger partial charge is 0.323 e. The number of rotatable bonds is 4. The van der Waals surface area contributed by atoms with Crippen molar-refractivity contribution in [3.63, 3.8) is 0 Å². The molecule has 2 heteroatoms. The van der Waals surface area contributed by atoms with Crippen LogP contribution in [0.25, 0.3) is 0 Å². The molecule has 0 fully saturated rings. The molecule has 15 heavy (non-hydrogen) atoms. The van der Waals surface area contributed by atoms with Crippen LogP contribution in [0, 0.1) is 0 Å². The molecule has 2 nitrogen and oxygen atoms in total. The molecule has 1 rings (SSSR count). The van der Waals surface area contributed by atoms with Gasteiger partial charge in [0, 0.05) is 7.11 Å². The van der Waals surface area contributed by atoms with Gasteiger partial charge in [0.15, 0.2) is 0 Å².